The number of benzene rings is 2. The molecule has 0 bridgehead atoms. The molecule has 1 fully saturated rings. The van der Waals surface area contributed by atoms with E-state index in [1.54, 1.807) is 20.3 Å². The first-order chi connectivity index (χ1) is 15.6. The Bertz CT molecular complexity index is 1080. The summed E-state index contributed by atoms with van der Waals surface area (Å²) in [6.07, 6.45) is 8.03. The van der Waals surface area contributed by atoms with Crippen LogP contribution in [0.5, 0.6) is 23.0 Å². The molecule has 2 aromatic rings. The first kappa shape index (κ1) is 20.9. The second-order valence-electron chi connectivity index (χ2n) is 8.74. The Kier molecular flexibility index (Phi) is 5.55. The van der Waals surface area contributed by atoms with Gasteiger partial charge in [-0.15, -0.1) is 0 Å². The molecule has 1 saturated carbocycles. The van der Waals surface area contributed by atoms with Crippen molar-refractivity contribution in [2.45, 2.75) is 51.6 Å². The maximum Gasteiger partial charge on any atom is 0.232 e. The van der Waals surface area contributed by atoms with Crippen molar-refractivity contribution in [3.8, 4) is 23.0 Å². The normalized spacial score (nSPS) is 19.8. The molecule has 3 aliphatic rings. The number of rotatable bonds is 4. The van der Waals surface area contributed by atoms with Crippen molar-refractivity contribution in [2.75, 3.05) is 21.0 Å². The molecule has 168 valence electrons. The van der Waals surface area contributed by atoms with Crippen LogP contribution >= 0.6 is 0 Å². The molecular formula is C26H29NO5. The third-order valence-corrected chi connectivity index (χ3v) is 6.75. The number of nitrogens with zero attached hydrogens (tertiary/aromatic N) is 1. The lowest BCUT2D eigenvalue weighted by atomic mass is 9.93. The highest BCUT2D eigenvalue weighted by Gasteiger charge is 2.36. The first-order valence-corrected chi connectivity index (χ1v) is 11.3. The molecule has 0 amide bonds. The minimum Gasteiger partial charge on any atom is -0.493 e. The van der Waals surface area contributed by atoms with E-state index in [9.17, 15) is 4.79 Å². The summed E-state index contributed by atoms with van der Waals surface area (Å²) in [6, 6.07) is 8.05. The van der Waals surface area contributed by atoms with Gasteiger partial charge in [0.2, 0.25) is 5.78 Å². The summed E-state index contributed by atoms with van der Waals surface area (Å²) in [6.45, 7) is 3.29. The van der Waals surface area contributed by atoms with Crippen molar-refractivity contribution in [3.63, 3.8) is 0 Å². The first-order valence-electron chi connectivity index (χ1n) is 11.3. The maximum atomic E-state index is 13.3. The highest BCUT2D eigenvalue weighted by atomic mass is 16.5. The van der Waals surface area contributed by atoms with Crippen LogP contribution in [0.1, 0.15) is 59.2 Å². The van der Waals surface area contributed by atoms with Gasteiger partial charge in [0.1, 0.15) is 18.2 Å². The van der Waals surface area contributed by atoms with Crippen LogP contribution in [-0.2, 0) is 6.54 Å². The quantitative estimate of drug-likeness (QED) is 0.622. The smallest absolute Gasteiger partial charge is 0.232 e. The summed E-state index contributed by atoms with van der Waals surface area (Å²) < 4.78 is 23.0. The van der Waals surface area contributed by atoms with Crippen LogP contribution in [0.2, 0.25) is 0 Å². The van der Waals surface area contributed by atoms with Gasteiger partial charge < -0.3 is 18.9 Å². The number of hydrogen-bond acceptors (Lipinski definition) is 6. The number of aryl methyl sites for hydroxylation is 1. The van der Waals surface area contributed by atoms with Gasteiger partial charge in [0.05, 0.1) is 25.3 Å². The minimum atomic E-state index is -0.0927. The van der Waals surface area contributed by atoms with E-state index in [-0.39, 0.29) is 5.78 Å². The van der Waals surface area contributed by atoms with Gasteiger partial charge in [-0.25, -0.2) is 0 Å². The number of carbonyl (C=O) groups excluding carboxylic acids is 1. The van der Waals surface area contributed by atoms with Crippen LogP contribution in [0.4, 0.5) is 0 Å². The summed E-state index contributed by atoms with van der Waals surface area (Å²) in [4.78, 5) is 15.7. The molecule has 1 aliphatic carbocycles. The lowest BCUT2D eigenvalue weighted by Crippen LogP contribution is -2.41. The van der Waals surface area contributed by atoms with Gasteiger partial charge in [-0.1, -0.05) is 25.3 Å². The molecule has 0 N–H and O–H groups in total. The zero-order chi connectivity index (χ0) is 22.2. The number of Topliss-reactive ketones (excluding diaryl/α,β-unsaturated/α-hetero) is 1. The fraction of sp³-hybridized carbons (Fsp3) is 0.423. The number of ketones is 1. The Morgan fingerprint density at radius 3 is 2.59 bits per heavy atom. The summed E-state index contributed by atoms with van der Waals surface area (Å²) in [5.74, 6) is 2.95. The summed E-state index contributed by atoms with van der Waals surface area (Å²) >= 11 is 0. The standard InChI is InChI=1S/C26H29NO5/c1-16-11-21-19(14-27(15-31-21)18-7-5-4-6-8-18)26-24(16)25(28)23(32-26)13-17-9-10-20(29-2)22(12-17)30-3/h9-13,18H,4-8,14-15H2,1-3H3/b23-13-. The van der Waals surface area contributed by atoms with Gasteiger partial charge >= 0.3 is 0 Å². The second kappa shape index (κ2) is 8.51. The maximum absolute atomic E-state index is 13.3. The average molecular weight is 436 g/mol. The van der Waals surface area contributed by atoms with Crippen LogP contribution < -0.4 is 18.9 Å². The lowest BCUT2D eigenvalue weighted by Gasteiger charge is -2.37. The zero-order valence-corrected chi connectivity index (χ0v) is 18.9. The average Bonchev–Trinajstić information content (AvgIpc) is 3.16. The summed E-state index contributed by atoms with van der Waals surface area (Å²) in [5.41, 5.74) is 3.31. The van der Waals surface area contributed by atoms with E-state index in [4.69, 9.17) is 18.9 Å². The zero-order valence-electron chi connectivity index (χ0n) is 18.9. The molecular weight excluding hydrogens is 406 g/mol. The predicted octanol–water partition coefficient (Wildman–Crippen LogP) is 5.11. The second-order valence-corrected chi connectivity index (χ2v) is 8.74. The van der Waals surface area contributed by atoms with Crippen molar-refractivity contribution < 1.29 is 23.7 Å². The predicted molar refractivity (Wildman–Crippen MR) is 122 cm³/mol. The Balaban J connectivity index is 1.47. The van der Waals surface area contributed by atoms with E-state index in [2.05, 4.69) is 4.90 Å². The van der Waals surface area contributed by atoms with Crippen LogP contribution in [-0.4, -0.2) is 37.7 Å². The van der Waals surface area contributed by atoms with E-state index in [1.807, 2.05) is 31.2 Å². The number of methoxy groups -OCH3 is 2. The highest BCUT2D eigenvalue weighted by Crippen LogP contribution is 2.45. The van der Waals surface area contributed by atoms with Crippen molar-refractivity contribution in [3.05, 3.63) is 52.3 Å². The van der Waals surface area contributed by atoms with E-state index in [0.717, 1.165) is 29.0 Å². The van der Waals surface area contributed by atoms with Gasteiger partial charge in [0, 0.05) is 12.6 Å². The number of ether oxygens (including phenoxy) is 4. The van der Waals surface area contributed by atoms with Crippen LogP contribution in [0.15, 0.2) is 30.0 Å². The van der Waals surface area contributed by atoms with Crippen molar-refractivity contribution in [1.29, 1.82) is 0 Å². The number of carbonyl (C=O) groups is 1. The van der Waals surface area contributed by atoms with Crippen molar-refractivity contribution in [1.82, 2.24) is 4.90 Å². The molecule has 0 spiro atoms. The van der Waals surface area contributed by atoms with Gasteiger partial charge in [-0.3, -0.25) is 9.69 Å². The molecule has 32 heavy (non-hydrogen) atoms. The molecule has 5 rings (SSSR count). The molecule has 0 unspecified atom stereocenters. The summed E-state index contributed by atoms with van der Waals surface area (Å²) in [7, 11) is 3.19. The third-order valence-electron chi connectivity index (χ3n) is 6.75. The molecule has 2 heterocycles. The molecule has 6 nitrogen and oxygen atoms in total. The van der Waals surface area contributed by atoms with Crippen molar-refractivity contribution >= 4 is 11.9 Å². The molecule has 2 aliphatic heterocycles. The SMILES string of the molecule is COc1ccc(/C=C2\Oc3c4c(cc(C)c3C2=O)OCN(C2CCCCC2)C4)cc1OC. The van der Waals surface area contributed by atoms with E-state index in [1.165, 1.54) is 32.1 Å². The molecule has 0 saturated heterocycles. The van der Waals surface area contributed by atoms with E-state index in [0.29, 0.717) is 41.3 Å². The van der Waals surface area contributed by atoms with E-state index < -0.39 is 0 Å². The van der Waals surface area contributed by atoms with Gasteiger partial charge in [-0.2, -0.15) is 0 Å². The van der Waals surface area contributed by atoms with Crippen molar-refractivity contribution in [2.24, 2.45) is 0 Å². The minimum absolute atomic E-state index is 0.0927. The van der Waals surface area contributed by atoms with Gasteiger partial charge in [0.15, 0.2) is 17.3 Å². The highest BCUT2D eigenvalue weighted by molar-refractivity contribution is 6.15. The molecule has 2 aromatic carbocycles. The van der Waals surface area contributed by atoms with E-state index >= 15 is 0 Å². The number of hydrogen-bond donors (Lipinski definition) is 0. The number of allylic oxidation sites excluding steroid dienone is 1. The lowest BCUT2D eigenvalue weighted by molar-refractivity contribution is 0.0393. The van der Waals surface area contributed by atoms with Gasteiger partial charge in [0.25, 0.3) is 0 Å². The molecule has 6 heteroatoms. The fourth-order valence-electron chi connectivity index (χ4n) is 5.02. The Morgan fingerprint density at radius 1 is 1.06 bits per heavy atom. The molecule has 0 radical (unpaired) electrons. The number of fused-ring (bicyclic) bond motifs is 3. The monoisotopic (exact) mass is 435 g/mol. The Labute approximate surface area is 188 Å². The molecule has 0 atom stereocenters. The largest absolute Gasteiger partial charge is 0.493 e. The van der Waals surface area contributed by atoms with Gasteiger partial charge in [-0.05, 0) is 55.2 Å². The Hall–Kier alpha value is -2.99. The van der Waals surface area contributed by atoms with Crippen LogP contribution in [0.25, 0.3) is 6.08 Å². The fourth-order valence-corrected chi connectivity index (χ4v) is 5.02. The van der Waals surface area contributed by atoms with Crippen LogP contribution in [0.3, 0.4) is 0 Å². The Morgan fingerprint density at radius 2 is 1.84 bits per heavy atom. The summed E-state index contributed by atoms with van der Waals surface area (Å²) in [5, 5.41) is 0. The third kappa shape index (κ3) is 3.62. The molecule has 0 aromatic heterocycles. The van der Waals surface area contributed by atoms with Crippen LogP contribution in [0, 0.1) is 6.92 Å². The topological polar surface area (TPSA) is 57.2 Å².